The monoisotopic (exact) mass is 438 g/mol. The predicted molar refractivity (Wildman–Crippen MR) is 124 cm³/mol. The maximum Gasteiger partial charge on any atom is 0.332 e. The van der Waals surface area contributed by atoms with Crippen molar-refractivity contribution in [2.75, 3.05) is 7.11 Å². The highest BCUT2D eigenvalue weighted by atomic mass is 32.1. The number of hydrogen-bond donors (Lipinski definition) is 0. The molecule has 0 atom stereocenters. The Hall–Kier alpha value is -3.13. The van der Waals surface area contributed by atoms with E-state index in [1.54, 1.807) is 22.6 Å². The van der Waals surface area contributed by atoms with E-state index in [-0.39, 0.29) is 11.2 Å². The van der Waals surface area contributed by atoms with Crippen LogP contribution in [0, 0.1) is 6.92 Å². The van der Waals surface area contributed by atoms with Crippen LogP contribution in [0.5, 0.6) is 5.75 Å². The molecule has 0 fully saturated rings. The summed E-state index contributed by atoms with van der Waals surface area (Å²) in [5.74, 6) is 0.788. The molecule has 1 aromatic carbocycles. The molecule has 0 unspecified atom stereocenters. The number of aryl methyl sites for hydroxylation is 3. The molecule has 4 rings (SSSR count). The third kappa shape index (κ3) is 3.61. The molecule has 0 saturated carbocycles. The van der Waals surface area contributed by atoms with Crippen LogP contribution in [0.3, 0.4) is 0 Å². The molecule has 0 bridgehead atoms. The number of nitrogens with zero attached hydrogens (tertiary/aromatic N) is 4. The minimum Gasteiger partial charge on any atom is -0.496 e. The van der Waals surface area contributed by atoms with E-state index in [1.165, 1.54) is 15.9 Å². The number of ether oxygens (including phenoxy) is 1. The third-order valence-electron chi connectivity index (χ3n) is 5.37. The van der Waals surface area contributed by atoms with Crippen LogP contribution >= 0.6 is 11.3 Å². The maximum atomic E-state index is 13.5. The molecule has 0 spiro atoms. The van der Waals surface area contributed by atoms with Crippen LogP contribution in [-0.2, 0) is 18.5 Å². The zero-order chi connectivity index (χ0) is 22.3. The minimum atomic E-state index is -0.644. The molecule has 0 aliphatic rings. The second-order valence-corrected chi connectivity index (χ2v) is 9.45. The summed E-state index contributed by atoms with van der Waals surface area (Å²) in [6.07, 6.45) is 4.15. The summed E-state index contributed by atoms with van der Waals surface area (Å²) < 4.78 is 10.3. The molecule has 0 aliphatic heterocycles. The van der Waals surface area contributed by atoms with Gasteiger partial charge in [0.2, 0.25) is 0 Å². The number of para-hydroxylation sites is 1. The van der Waals surface area contributed by atoms with Crippen molar-refractivity contribution in [3.63, 3.8) is 0 Å². The van der Waals surface area contributed by atoms with Gasteiger partial charge in [-0.2, -0.15) is 5.10 Å². The topological polar surface area (TPSA) is 71.0 Å². The second-order valence-electron chi connectivity index (χ2n) is 8.47. The average Bonchev–Trinajstić information content (AvgIpc) is 3.35. The van der Waals surface area contributed by atoms with Gasteiger partial charge in [-0.15, -0.1) is 0 Å². The first kappa shape index (κ1) is 21.1. The molecule has 3 aromatic heterocycles. The standard InChI is InChI=1S/C23H26N4O3S/c1-15-18-19(28)27(23(2,3)4)22(29)25(14-11-16-9-6-7-10-17(16)30-5)21(18)31-20(15)26-13-8-12-24-26/h6-10,12-13H,11,14H2,1-5H3. The van der Waals surface area contributed by atoms with Gasteiger partial charge in [0.25, 0.3) is 5.56 Å². The molecule has 0 saturated heterocycles. The van der Waals surface area contributed by atoms with Crippen LogP contribution in [0.2, 0.25) is 0 Å². The third-order valence-corrected chi connectivity index (χ3v) is 6.67. The SMILES string of the molecule is COc1ccccc1CCn1c(=O)n(C(C)(C)C)c(=O)c2c(C)c(-n3cccn3)sc21. The van der Waals surface area contributed by atoms with Gasteiger partial charge in [-0.3, -0.25) is 13.9 Å². The van der Waals surface area contributed by atoms with Gasteiger partial charge in [0, 0.05) is 30.0 Å². The van der Waals surface area contributed by atoms with Crippen molar-refractivity contribution in [1.29, 1.82) is 0 Å². The number of rotatable bonds is 5. The summed E-state index contributed by atoms with van der Waals surface area (Å²) >= 11 is 1.42. The van der Waals surface area contributed by atoms with E-state index in [0.717, 1.165) is 21.9 Å². The fourth-order valence-electron chi connectivity index (χ4n) is 3.87. The van der Waals surface area contributed by atoms with Gasteiger partial charge in [0.15, 0.2) is 0 Å². The maximum absolute atomic E-state index is 13.5. The van der Waals surface area contributed by atoms with Crippen LogP contribution in [0.4, 0.5) is 0 Å². The molecule has 4 aromatic rings. The minimum absolute atomic E-state index is 0.256. The molecular formula is C23H26N4O3S. The molecule has 0 aliphatic carbocycles. The molecule has 7 nitrogen and oxygen atoms in total. The van der Waals surface area contributed by atoms with Gasteiger partial charge in [0.1, 0.15) is 15.6 Å². The number of hydrogen-bond acceptors (Lipinski definition) is 5. The van der Waals surface area contributed by atoms with E-state index in [2.05, 4.69) is 5.10 Å². The zero-order valence-electron chi connectivity index (χ0n) is 18.4. The van der Waals surface area contributed by atoms with Crippen molar-refractivity contribution in [2.24, 2.45) is 0 Å². The lowest BCUT2D eigenvalue weighted by Gasteiger charge is -2.23. The predicted octanol–water partition coefficient (Wildman–Crippen LogP) is 3.73. The molecule has 0 N–H and O–H groups in total. The van der Waals surface area contributed by atoms with Crippen LogP contribution in [0.1, 0.15) is 31.9 Å². The van der Waals surface area contributed by atoms with Crippen molar-refractivity contribution in [3.8, 4) is 10.8 Å². The van der Waals surface area contributed by atoms with Crippen molar-refractivity contribution in [3.05, 3.63) is 74.7 Å². The number of fused-ring (bicyclic) bond motifs is 1. The number of methoxy groups -OCH3 is 1. The Labute approximate surface area is 184 Å². The van der Waals surface area contributed by atoms with Crippen LogP contribution < -0.4 is 16.0 Å². The van der Waals surface area contributed by atoms with Gasteiger partial charge < -0.3 is 4.74 Å². The van der Waals surface area contributed by atoms with Crippen LogP contribution in [0.15, 0.2) is 52.3 Å². The van der Waals surface area contributed by atoms with E-state index in [9.17, 15) is 9.59 Å². The fourth-order valence-corrected chi connectivity index (χ4v) is 5.13. The van der Waals surface area contributed by atoms with E-state index in [4.69, 9.17) is 4.74 Å². The summed E-state index contributed by atoms with van der Waals surface area (Å²) in [6.45, 7) is 7.98. The lowest BCUT2D eigenvalue weighted by Crippen LogP contribution is -2.47. The van der Waals surface area contributed by atoms with Crippen molar-refractivity contribution >= 4 is 21.6 Å². The summed E-state index contributed by atoms with van der Waals surface area (Å²) in [7, 11) is 1.64. The Balaban J connectivity index is 1.95. The molecule has 0 amide bonds. The van der Waals surface area contributed by atoms with Gasteiger partial charge in [-0.25, -0.2) is 9.48 Å². The Kier molecular flexibility index (Phi) is 5.35. The first-order valence-electron chi connectivity index (χ1n) is 10.2. The van der Waals surface area contributed by atoms with Crippen molar-refractivity contribution in [2.45, 2.75) is 46.2 Å². The lowest BCUT2D eigenvalue weighted by atomic mass is 10.1. The molecule has 3 heterocycles. The highest BCUT2D eigenvalue weighted by molar-refractivity contribution is 7.21. The quantitative estimate of drug-likeness (QED) is 0.476. The number of aromatic nitrogens is 4. The Morgan fingerprint density at radius 3 is 2.52 bits per heavy atom. The summed E-state index contributed by atoms with van der Waals surface area (Å²) in [5.41, 5.74) is 0.646. The van der Waals surface area contributed by atoms with E-state index >= 15 is 0 Å². The molecular weight excluding hydrogens is 412 g/mol. The highest BCUT2D eigenvalue weighted by Crippen LogP contribution is 2.31. The van der Waals surface area contributed by atoms with Crippen molar-refractivity contribution in [1.82, 2.24) is 18.9 Å². The van der Waals surface area contributed by atoms with E-state index < -0.39 is 5.54 Å². The smallest absolute Gasteiger partial charge is 0.332 e. The normalized spacial score (nSPS) is 11.9. The highest BCUT2D eigenvalue weighted by Gasteiger charge is 2.26. The van der Waals surface area contributed by atoms with Crippen LogP contribution in [-0.4, -0.2) is 26.0 Å². The average molecular weight is 439 g/mol. The summed E-state index contributed by atoms with van der Waals surface area (Å²) in [5, 5.41) is 5.74. The van der Waals surface area contributed by atoms with Gasteiger partial charge >= 0.3 is 5.69 Å². The Bertz CT molecular complexity index is 1350. The van der Waals surface area contributed by atoms with Crippen molar-refractivity contribution < 1.29 is 4.74 Å². The molecule has 31 heavy (non-hydrogen) atoms. The van der Waals surface area contributed by atoms with E-state index in [1.807, 2.05) is 64.2 Å². The fraction of sp³-hybridized carbons (Fsp3) is 0.348. The molecule has 8 heteroatoms. The number of benzene rings is 1. The lowest BCUT2D eigenvalue weighted by molar-refractivity contribution is 0.358. The van der Waals surface area contributed by atoms with Gasteiger partial charge in [0.05, 0.1) is 12.5 Å². The first-order chi connectivity index (χ1) is 14.7. The second kappa shape index (κ2) is 7.85. The van der Waals surface area contributed by atoms with E-state index in [0.29, 0.717) is 23.2 Å². The largest absolute Gasteiger partial charge is 0.496 e. The molecule has 162 valence electrons. The zero-order valence-corrected chi connectivity index (χ0v) is 19.2. The summed E-state index contributed by atoms with van der Waals surface area (Å²) in [4.78, 5) is 27.6. The summed E-state index contributed by atoms with van der Waals surface area (Å²) in [6, 6.07) is 9.62. The number of thiophene rings is 1. The van der Waals surface area contributed by atoms with Gasteiger partial charge in [-0.1, -0.05) is 29.5 Å². The molecule has 0 radical (unpaired) electrons. The first-order valence-corrected chi connectivity index (χ1v) is 11.0. The van der Waals surface area contributed by atoms with Crippen LogP contribution in [0.25, 0.3) is 15.2 Å². The Morgan fingerprint density at radius 2 is 1.87 bits per heavy atom. The van der Waals surface area contributed by atoms with Gasteiger partial charge in [-0.05, 0) is 51.8 Å². The Morgan fingerprint density at radius 1 is 1.13 bits per heavy atom.